The van der Waals surface area contributed by atoms with E-state index < -0.39 is 40.1 Å². The Morgan fingerprint density at radius 1 is 1.22 bits per heavy atom. The molecule has 12 nitrogen and oxygen atoms in total. The average Bonchev–Trinajstić information content (AvgIpc) is 3.43. The number of aliphatic hydroxyl groups excluding tert-OH is 2. The van der Waals surface area contributed by atoms with Gasteiger partial charge in [0.15, 0.2) is 0 Å². The highest BCUT2D eigenvalue weighted by Crippen LogP contribution is 2.35. The summed E-state index contributed by atoms with van der Waals surface area (Å²) in [5, 5.41) is 39.3. The van der Waals surface area contributed by atoms with E-state index in [2.05, 4.69) is 25.3 Å². The van der Waals surface area contributed by atoms with Crippen LogP contribution >= 0.6 is 0 Å². The topological polar surface area (TPSA) is 194 Å². The summed E-state index contributed by atoms with van der Waals surface area (Å²) in [6, 6.07) is 10.8. The van der Waals surface area contributed by atoms with E-state index in [1.807, 2.05) is 12.1 Å². The summed E-state index contributed by atoms with van der Waals surface area (Å²) < 4.78 is 28.3. The number of benzene rings is 1. The van der Waals surface area contributed by atoms with Crippen LogP contribution in [0.25, 0.3) is 0 Å². The van der Waals surface area contributed by atoms with Crippen molar-refractivity contribution in [1.82, 2.24) is 19.7 Å². The maximum Gasteiger partial charge on any atom is 0.333 e. The number of ketones is 1. The number of rotatable bonds is 9. The van der Waals surface area contributed by atoms with Crippen LogP contribution in [0.2, 0.25) is 0 Å². The highest BCUT2D eigenvalue weighted by Gasteiger charge is 2.42. The monoisotopic (exact) mass is 512 g/mol. The zero-order valence-corrected chi connectivity index (χ0v) is 19.8. The molecule has 1 saturated carbocycles. The van der Waals surface area contributed by atoms with Crippen LogP contribution in [0, 0.1) is 23.2 Å². The van der Waals surface area contributed by atoms with Gasteiger partial charge in [-0.1, -0.05) is 18.2 Å². The number of nitrogens with zero attached hydrogens (tertiary/aromatic N) is 5. The Bertz CT molecular complexity index is 1400. The standard InChI is InChI=1S/C23H24N6O6S/c24-9-14-3-1-2-4-15(14)11-29-6-5-19(28-29)23(32)18-10-26-13-27-20(18)8-16-7-17(22(31)21(16)30)12-35-36(25,33)34/h1-6,10,13,16-17,21-22,30-31H,7-8,11-12H2,(H2,25,33,34)/t16-,17+,21-,22+/m0/s1. The minimum absolute atomic E-state index is 0.143. The van der Waals surface area contributed by atoms with E-state index in [0.29, 0.717) is 17.8 Å². The Labute approximate surface area is 207 Å². The van der Waals surface area contributed by atoms with Crippen molar-refractivity contribution >= 4 is 16.1 Å². The molecule has 4 N–H and O–H groups in total. The van der Waals surface area contributed by atoms with Crippen LogP contribution in [-0.4, -0.2) is 63.0 Å². The first-order valence-corrected chi connectivity index (χ1v) is 12.5. The third kappa shape index (κ3) is 5.81. The van der Waals surface area contributed by atoms with E-state index in [1.165, 1.54) is 12.5 Å². The normalized spacial score (nSPS) is 21.8. The van der Waals surface area contributed by atoms with E-state index in [4.69, 9.17) is 5.14 Å². The van der Waals surface area contributed by atoms with Crippen LogP contribution in [-0.2, 0) is 27.5 Å². The molecular formula is C23H24N6O6S. The molecule has 3 aromatic rings. The Balaban J connectivity index is 1.49. The van der Waals surface area contributed by atoms with Crippen molar-refractivity contribution in [1.29, 1.82) is 5.26 Å². The largest absolute Gasteiger partial charge is 0.390 e. The summed E-state index contributed by atoms with van der Waals surface area (Å²) in [6.45, 7) is -0.0568. The van der Waals surface area contributed by atoms with Crippen LogP contribution in [0.15, 0.2) is 49.1 Å². The molecule has 0 bridgehead atoms. The van der Waals surface area contributed by atoms with Gasteiger partial charge in [-0.2, -0.15) is 18.8 Å². The van der Waals surface area contributed by atoms with E-state index >= 15 is 0 Å². The molecule has 4 rings (SSSR count). The molecule has 2 aromatic heterocycles. The zero-order valence-electron chi connectivity index (χ0n) is 19.0. The minimum Gasteiger partial charge on any atom is -0.390 e. The molecule has 13 heteroatoms. The molecule has 1 fully saturated rings. The number of hydrogen-bond acceptors (Lipinski definition) is 10. The maximum atomic E-state index is 13.2. The Morgan fingerprint density at radius 3 is 2.72 bits per heavy atom. The Morgan fingerprint density at radius 2 is 1.97 bits per heavy atom. The second-order valence-corrected chi connectivity index (χ2v) is 9.82. The smallest absolute Gasteiger partial charge is 0.333 e. The number of aliphatic hydroxyl groups is 2. The maximum absolute atomic E-state index is 13.2. The van der Waals surface area contributed by atoms with Crippen molar-refractivity contribution in [2.75, 3.05) is 6.61 Å². The summed E-state index contributed by atoms with van der Waals surface area (Å²) in [5.74, 6) is -1.58. The van der Waals surface area contributed by atoms with Crippen molar-refractivity contribution in [2.24, 2.45) is 17.0 Å². The van der Waals surface area contributed by atoms with Crippen LogP contribution in [0.3, 0.4) is 0 Å². The van der Waals surface area contributed by atoms with E-state index in [-0.39, 0.29) is 30.7 Å². The lowest BCUT2D eigenvalue weighted by Crippen LogP contribution is -2.31. The molecule has 0 radical (unpaired) electrons. The number of carbonyl (C=O) groups excluding carboxylic acids is 1. The molecule has 0 amide bonds. The molecule has 2 heterocycles. The minimum atomic E-state index is -4.18. The Hall–Kier alpha value is -3.54. The number of hydrogen-bond donors (Lipinski definition) is 3. The van der Waals surface area contributed by atoms with Gasteiger partial charge in [-0.25, -0.2) is 15.1 Å². The highest BCUT2D eigenvalue weighted by atomic mass is 32.2. The molecule has 1 aliphatic carbocycles. The molecule has 4 atom stereocenters. The molecule has 0 saturated heterocycles. The number of nitriles is 1. The molecule has 1 aliphatic rings. The van der Waals surface area contributed by atoms with E-state index in [9.17, 15) is 28.7 Å². The molecule has 36 heavy (non-hydrogen) atoms. The first-order valence-electron chi connectivity index (χ1n) is 11.0. The first-order chi connectivity index (χ1) is 17.2. The second kappa shape index (κ2) is 10.6. The van der Waals surface area contributed by atoms with E-state index in [1.54, 1.807) is 29.1 Å². The number of carbonyl (C=O) groups is 1. The predicted molar refractivity (Wildman–Crippen MR) is 124 cm³/mol. The summed E-state index contributed by atoms with van der Waals surface area (Å²) in [7, 11) is -4.18. The van der Waals surface area contributed by atoms with Crippen molar-refractivity contribution < 1.29 is 27.6 Å². The van der Waals surface area contributed by atoms with Gasteiger partial charge in [0, 0.05) is 18.3 Å². The number of aromatic nitrogens is 4. The van der Waals surface area contributed by atoms with Crippen LogP contribution < -0.4 is 5.14 Å². The average molecular weight is 513 g/mol. The lowest BCUT2D eigenvalue weighted by atomic mass is 9.95. The van der Waals surface area contributed by atoms with Crippen LogP contribution in [0.5, 0.6) is 0 Å². The van der Waals surface area contributed by atoms with Gasteiger partial charge < -0.3 is 10.2 Å². The third-order valence-electron chi connectivity index (χ3n) is 6.21. The summed E-state index contributed by atoms with van der Waals surface area (Å²) >= 11 is 0. The van der Waals surface area contributed by atoms with Gasteiger partial charge in [0.1, 0.15) is 12.0 Å². The van der Waals surface area contributed by atoms with Crippen LogP contribution in [0.4, 0.5) is 0 Å². The summed E-state index contributed by atoms with van der Waals surface area (Å²) in [6.07, 6.45) is 2.28. The van der Waals surface area contributed by atoms with Gasteiger partial charge in [0.2, 0.25) is 5.78 Å². The summed E-state index contributed by atoms with van der Waals surface area (Å²) in [4.78, 5) is 21.4. The highest BCUT2D eigenvalue weighted by molar-refractivity contribution is 7.84. The van der Waals surface area contributed by atoms with Gasteiger partial charge in [-0.15, -0.1) is 0 Å². The predicted octanol–water partition coefficient (Wildman–Crippen LogP) is -0.0554. The van der Waals surface area contributed by atoms with Crippen LogP contribution in [0.1, 0.15) is 39.3 Å². The van der Waals surface area contributed by atoms with E-state index in [0.717, 1.165) is 5.56 Å². The molecular weight excluding hydrogens is 488 g/mol. The van der Waals surface area contributed by atoms with Gasteiger partial charge in [0.25, 0.3) is 0 Å². The lowest BCUT2D eigenvalue weighted by Gasteiger charge is -2.17. The van der Waals surface area contributed by atoms with Gasteiger partial charge >= 0.3 is 10.3 Å². The fourth-order valence-electron chi connectivity index (χ4n) is 4.38. The lowest BCUT2D eigenvalue weighted by molar-refractivity contribution is -0.00334. The molecule has 1 aromatic carbocycles. The fourth-order valence-corrected chi connectivity index (χ4v) is 4.75. The number of nitrogens with two attached hydrogens (primary N) is 1. The molecule has 188 valence electrons. The second-order valence-electron chi connectivity index (χ2n) is 8.60. The molecule has 0 unspecified atom stereocenters. The zero-order chi connectivity index (χ0) is 25.9. The summed E-state index contributed by atoms with van der Waals surface area (Å²) in [5.41, 5.74) is 2.01. The first kappa shape index (κ1) is 25.5. The van der Waals surface area contributed by atoms with Crippen molar-refractivity contribution in [3.05, 3.63) is 77.1 Å². The Kier molecular flexibility index (Phi) is 7.53. The SMILES string of the molecule is N#Cc1ccccc1Cn1ccc(C(=O)c2cncnc2C[C@@H]2C[C@H](COS(N)(=O)=O)[C@@H](O)[C@H]2O)n1. The van der Waals surface area contributed by atoms with Gasteiger partial charge in [-0.3, -0.25) is 13.7 Å². The van der Waals surface area contributed by atoms with Gasteiger partial charge in [0.05, 0.1) is 48.2 Å². The third-order valence-corrected chi connectivity index (χ3v) is 6.67. The molecule has 0 aliphatic heterocycles. The quantitative estimate of drug-likeness (QED) is 0.327. The van der Waals surface area contributed by atoms with Crippen molar-refractivity contribution in [3.63, 3.8) is 0 Å². The van der Waals surface area contributed by atoms with Crippen molar-refractivity contribution in [3.8, 4) is 6.07 Å². The fraction of sp³-hybridized carbons (Fsp3) is 0.348. The van der Waals surface area contributed by atoms with Gasteiger partial charge in [-0.05, 0) is 36.5 Å². The van der Waals surface area contributed by atoms with Crippen molar-refractivity contribution in [2.45, 2.75) is 31.6 Å². The molecule has 0 spiro atoms.